The first kappa shape index (κ1) is 35.9. The summed E-state index contributed by atoms with van der Waals surface area (Å²) < 4.78 is 26.8. The van der Waals surface area contributed by atoms with Gasteiger partial charge < -0.3 is 28.8 Å². The van der Waals surface area contributed by atoms with Crippen LogP contribution >= 0.6 is 11.6 Å². The van der Waals surface area contributed by atoms with Crippen LogP contribution in [0.2, 0.25) is 0 Å². The van der Waals surface area contributed by atoms with Gasteiger partial charge in [-0.1, -0.05) is 74.5 Å². The second-order valence-electron chi connectivity index (χ2n) is 10.2. The Kier molecular flexibility index (Phi) is 15.9. The van der Waals surface area contributed by atoms with Crippen molar-refractivity contribution in [1.29, 1.82) is 0 Å². The Morgan fingerprint density at radius 2 is 1.21 bits per heavy atom. The van der Waals surface area contributed by atoms with Gasteiger partial charge >= 0.3 is 17.9 Å². The van der Waals surface area contributed by atoms with Gasteiger partial charge in [0, 0.05) is 38.5 Å². The third-order valence-electron chi connectivity index (χ3n) is 6.53. The van der Waals surface area contributed by atoms with Crippen LogP contribution in [0.25, 0.3) is 0 Å². The van der Waals surface area contributed by atoms with E-state index in [0.29, 0.717) is 51.7 Å². The molecule has 0 radical (unpaired) electrons. The van der Waals surface area contributed by atoms with Crippen LogP contribution in [0.3, 0.4) is 0 Å². The lowest BCUT2D eigenvalue weighted by molar-refractivity contribution is -0.169. The largest absolute Gasteiger partial charge is 0.461 e. The van der Waals surface area contributed by atoms with E-state index in [4.69, 9.17) is 35.3 Å². The molecule has 0 saturated carbocycles. The molecular weight excluding hydrogens is 580 g/mol. The van der Waals surface area contributed by atoms with Gasteiger partial charge in [0.2, 0.25) is 5.24 Å². The highest BCUT2D eigenvalue weighted by atomic mass is 35.5. The summed E-state index contributed by atoms with van der Waals surface area (Å²) in [6, 6.07) is 19.5. The van der Waals surface area contributed by atoms with Crippen LogP contribution < -0.4 is 0 Å². The highest BCUT2D eigenvalue weighted by Crippen LogP contribution is 2.28. The molecule has 2 aromatic carbocycles. The molecule has 10 nitrogen and oxygen atoms in total. The molecular formula is C32H41ClO10. The van der Waals surface area contributed by atoms with E-state index >= 15 is 0 Å². The molecule has 0 spiro atoms. The Bertz CT molecular complexity index is 1140. The van der Waals surface area contributed by atoms with Gasteiger partial charge in [-0.15, -0.1) is 0 Å². The number of esters is 3. The number of rotatable bonds is 13. The highest BCUT2D eigenvalue weighted by Gasteiger charge is 2.42. The first-order valence-electron chi connectivity index (χ1n) is 14.3. The molecule has 0 amide bonds. The van der Waals surface area contributed by atoms with Crippen LogP contribution in [-0.4, -0.2) is 65.9 Å². The normalized spacial score (nSPS) is 20.6. The lowest BCUT2D eigenvalue weighted by Gasteiger charge is -2.26. The first-order chi connectivity index (χ1) is 20.6. The molecule has 11 heteroatoms. The van der Waals surface area contributed by atoms with Gasteiger partial charge in [0.1, 0.15) is 6.61 Å². The van der Waals surface area contributed by atoms with Crippen molar-refractivity contribution in [1.82, 2.24) is 0 Å². The minimum Gasteiger partial charge on any atom is -0.461 e. The topological polar surface area (TPSA) is 135 Å². The second kappa shape index (κ2) is 19.1. The summed E-state index contributed by atoms with van der Waals surface area (Å²) in [4.78, 5) is 43.3. The zero-order valence-corrected chi connectivity index (χ0v) is 25.5. The van der Waals surface area contributed by atoms with Crippen molar-refractivity contribution < 1.29 is 48.0 Å². The van der Waals surface area contributed by atoms with Crippen LogP contribution in [0.15, 0.2) is 60.7 Å². The fourth-order valence-electron chi connectivity index (χ4n) is 4.02. The van der Waals surface area contributed by atoms with Crippen LogP contribution in [0, 0.1) is 0 Å². The van der Waals surface area contributed by atoms with Gasteiger partial charge in [-0.3, -0.25) is 19.2 Å². The average molecular weight is 621 g/mol. The Morgan fingerprint density at radius 3 is 1.58 bits per heavy atom. The van der Waals surface area contributed by atoms with Crippen molar-refractivity contribution in [2.75, 3.05) is 26.4 Å². The van der Waals surface area contributed by atoms with Gasteiger partial charge in [0.15, 0.2) is 11.2 Å². The van der Waals surface area contributed by atoms with E-state index < -0.39 is 11.2 Å². The maximum atomic E-state index is 11.4. The van der Waals surface area contributed by atoms with Crippen LogP contribution in [-0.2, 0) is 56.1 Å². The lowest BCUT2D eigenvalue weighted by atomic mass is 10.0. The summed E-state index contributed by atoms with van der Waals surface area (Å²) in [6.07, 6.45) is 2.46. The number of aliphatic hydroxyl groups is 1. The summed E-state index contributed by atoms with van der Waals surface area (Å²) in [5.41, 5.74) is 0.440. The number of carbonyl (C=O) groups excluding carboxylic acids is 4. The highest BCUT2D eigenvalue weighted by molar-refractivity contribution is 6.63. The van der Waals surface area contributed by atoms with Gasteiger partial charge in [-0.25, -0.2) is 0 Å². The van der Waals surface area contributed by atoms with Crippen molar-refractivity contribution in [2.24, 2.45) is 0 Å². The van der Waals surface area contributed by atoms with Crippen LogP contribution in [0.1, 0.15) is 63.5 Å². The van der Waals surface area contributed by atoms with Crippen molar-refractivity contribution in [3.63, 3.8) is 0 Å². The smallest absolute Gasteiger partial charge is 0.306 e. The zero-order chi connectivity index (χ0) is 31.6. The van der Waals surface area contributed by atoms with Gasteiger partial charge in [-0.05, 0) is 22.7 Å². The molecule has 0 aliphatic carbocycles. The number of halogens is 1. The molecule has 2 saturated heterocycles. The molecule has 236 valence electrons. The number of hydrogen-bond acceptors (Lipinski definition) is 10. The molecule has 2 unspecified atom stereocenters. The molecule has 0 aromatic heterocycles. The fraction of sp³-hybridized carbons (Fsp3) is 0.500. The van der Waals surface area contributed by atoms with E-state index in [1.54, 1.807) is 13.8 Å². The third kappa shape index (κ3) is 13.7. The quantitative estimate of drug-likeness (QED) is 0.191. The summed E-state index contributed by atoms with van der Waals surface area (Å²) in [5, 5.41) is 9.00. The van der Waals surface area contributed by atoms with E-state index in [-0.39, 0.29) is 49.6 Å². The standard InChI is InChI=1S/C16H20O5.C13H16O4.C3H5ClO/c1-2-14(17)20-12-16(9-8-15(18)21-16)11-19-10-13-6-4-3-5-7-13;14-9-13(7-6-12(15)17-13)10-16-8-11-4-2-1-3-5-11;1-2-3(4)5/h3-7H,2,8-12H2,1H3;1-5,14H,6-10H2;2H2,1H3. The number of hydrogen-bond donors (Lipinski definition) is 1. The van der Waals surface area contributed by atoms with Crippen molar-refractivity contribution in [3.8, 4) is 0 Å². The zero-order valence-electron chi connectivity index (χ0n) is 24.8. The molecule has 2 heterocycles. The maximum absolute atomic E-state index is 11.4. The van der Waals surface area contributed by atoms with E-state index in [2.05, 4.69) is 0 Å². The van der Waals surface area contributed by atoms with E-state index in [0.717, 1.165) is 11.1 Å². The van der Waals surface area contributed by atoms with Crippen molar-refractivity contribution in [2.45, 2.75) is 76.8 Å². The Labute approximate surface area is 257 Å². The molecule has 2 atom stereocenters. The van der Waals surface area contributed by atoms with Crippen molar-refractivity contribution >= 4 is 34.8 Å². The molecule has 1 N–H and O–H groups in total. The maximum Gasteiger partial charge on any atom is 0.306 e. The molecule has 4 rings (SSSR count). The lowest BCUT2D eigenvalue weighted by Crippen LogP contribution is -2.40. The second-order valence-corrected chi connectivity index (χ2v) is 10.6. The molecule has 0 bridgehead atoms. The molecule has 2 aliphatic rings. The fourth-order valence-corrected chi connectivity index (χ4v) is 4.02. The van der Waals surface area contributed by atoms with Gasteiger partial charge in [0.05, 0.1) is 33.0 Å². The molecule has 2 fully saturated rings. The summed E-state index contributed by atoms with van der Waals surface area (Å²) in [6.45, 7) is 4.67. The Morgan fingerprint density at radius 1 is 0.767 bits per heavy atom. The van der Waals surface area contributed by atoms with E-state index in [1.807, 2.05) is 60.7 Å². The monoisotopic (exact) mass is 620 g/mol. The summed E-state index contributed by atoms with van der Waals surface area (Å²) >= 11 is 4.82. The van der Waals surface area contributed by atoms with E-state index in [1.165, 1.54) is 0 Å². The average Bonchev–Trinajstić information content (AvgIpc) is 3.59. The van der Waals surface area contributed by atoms with Crippen LogP contribution in [0.4, 0.5) is 0 Å². The number of ether oxygens (including phenoxy) is 5. The number of aliphatic hydroxyl groups excluding tert-OH is 1. The minimum absolute atomic E-state index is 0.0558. The first-order valence-corrected chi connectivity index (χ1v) is 14.6. The molecule has 43 heavy (non-hydrogen) atoms. The van der Waals surface area contributed by atoms with Gasteiger partial charge in [-0.2, -0.15) is 0 Å². The Balaban J connectivity index is 0.000000264. The molecule has 2 aromatic rings. The molecule has 2 aliphatic heterocycles. The minimum atomic E-state index is -0.837. The number of benzene rings is 2. The number of carbonyl (C=O) groups is 4. The summed E-state index contributed by atoms with van der Waals surface area (Å²) in [5.74, 6) is -0.839. The third-order valence-corrected chi connectivity index (χ3v) is 6.80. The summed E-state index contributed by atoms with van der Waals surface area (Å²) in [7, 11) is 0. The predicted octanol–water partition coefficient (Wildman–Crippen LogP) is 4.67. The van der Waals surface area contributed by atoms with E-state index in [9.17, 15) is 24.3 Å². The predicted molar refractivity (Wildman–Crippen MR) is 158 cm³/mol. The SMILES string of the molecule is CCC(=O)Cl.CCC(=O)OCC1(COCc2ccccc2)CCC(=O)O1.O=C1CCC(CO)(COCc2ccccc2)O1. The Hall–Kier alpha value is -3.31. The van der Waals surface area contributed by atoms with Gasteiger partial charge in [0.25, 0.3) is 0 Å². The number of cyclic esters (lactones) is 2. The van der Waals surface area contributed by atoms with Crippen LogP contribution in [0.5, 0.6) is 0 Å². The van der Waals surface area contributed by atoms with Crippen molar-refractivity contribution in [3.05, 3.63) is 71.8 Å².